The topological polar surface area (TPSA) is 173 Å². The van der Waals surface area contributed by atoms with Gasteiger partial charge in [0, 0.05) is 29.4 Å². The van der Waals surface area contributed by atoms with Crippen molar-refractivity contribution in [2.75, 3.05) is 20.9 Å². The van der Waals surface area contributed by atoms with Crippen LogP contribution >= 0.6 is 0 Å². The fourth-order valence-electron chi connectivity index (χ4n) is 6.60. The maximum absolute atomic E-state index is 13.4. The number of aryl methyl sites for hydroxylation is 1. The lowest BCUT2D eigenvalue weighted by Crippen LogP contribution is -2.29. The molecule has 55 heavy (non-hydrogen) atoms. The fraction of sp³-hybridized carbons (Fsp3) is 0.0698. The third-order valence-corrected chi connectivity index (χ3v) is 9.54. The summed E-state index contributed by atoms with van der Waals surface area (Å²) in [6.07, 6.45) is 3.69. The molecule has 0 fully saturated rings. The first-order valence-corrected chi connectivity index (χ1v) is 17.3. The van der Waals surface area contributed by atoms with E-state index in [0.29, 0.717) is 34.9 Å². The maximum atomic E-state index is 13.4. The van der Waals surface area contributed by atoms with Crippen molar-refractivity contribution in [3.8, 4) is 0 Å². The molecule has 0 saturated heterocycles. The number of aromatic nitrogens is 2. The summed E-state index contributed by atoms with van der Waals surface area (Å²) in [5.41, 5.74) is 11.5. The van der Waals surface area contributed by atoms with Crippen molar-refractivity contribution in [2.45, 2.75) is 19.8 Å². The molecule has 12 nitrogen and oxygen atoms in total. The number of nitrogens with two attached hydrogens (primary N) is 1. The second kappa shape index (κ2) is 13.7. The van der Waals surface area contributed by atoms with Crippen LogP contribution in [0, 0.1) is 6.92 Å². The van der Waals surface area contributed by atoms with Crippen molar-refractivity contribution in [2.24, 2.45) is 0 Å². The van der Waals surface area contributed by atoms with Gasteiger partial charge in [0.1, 0.15) is 5.82 Å². The zero-order chi connectivity index (χ0) is 38.4. The second-order valence-electron chi connectivity index (χ2n) is 13.3. The van der Waals surface area contributed by atoms with Gasteiger partial charge in [-0.2, -0.15) is 0 Å². The van der Waals surface area contributed by atoms with Crippen molar-refractivity contribution >= 4 is 58.2 Å². The summed E-state index contributed by atoms with van der Waals surface area (Å²) in [6.45, 7) is 1.86. The number of nitrogens with one attached hydrogen (secondary N) is 1. The van der Waals surface area contributed by atoms with Gasteiger partial charge in [0.2, 0.25) is 0 Å². The maximum Gasteiger partial charge on any atom is 0.266 e. The van der Waals surface area contributed by atoms with E-state index in [1.54, 1.807) is 48.7 Å². The van der Waals surface area contributed by atoms with Crippen LogP contribution in [0.4, 0.5) is 22.9 Å². The highest BCUT2D eigenvalue weighted by Crippen LogP contribution is 2.32. The Labute approximate surface area is 314 Å². The number of benzene rings is 4. The number of amides is 5. The number of carbonyl (C=O) groups excluding carboxylic acids is 6. The Kier molecular flexibility index (Phi) is 8.62. The monoisotopic (exact) mass is 726 g/mol. The van der Waals surface area contributed by atoms with Crippen LogP contribution in [-0.2, 0) is 12.8 Å². The normalized spacial score (nSPS) is 13.3. The summed E-state index contributed by atoms with van der Waals surface area (Å²) in [5, 5.41) is 2.70. The molecule has 0 radical (unpaired) electrons. The molecule has 0 saturated carbocycles. The number of nitrogens with zero attached hydrogens (tertiary/aromatic N) is 4. The summed E-state index contributed by atoms with van der Waals surface area (Å²) < 4.78 is 0. The lowest BCUT2D eigenvalue weighted by Gasteiger charge is -2.15. The van der Waals surface area contributed by atoms with Gasteiger partial charge in [0.05, 0.1) is 45.5 Å². The average Bonchev–Trinajstić information content (AvgIpc) is 3.60. The zero-order valence-electron chi connectivity index (χ0n) is 29.3. The van der Waals surface area contributed by atoms with Crippen LogP contribution in [0.1, 0.15) is 84.5 Å². The standard InChI is InChI=1S/C43H30N6O6/c1-24-2-3-27(22-45-24)19-37(50)28-8-15-33-35(20-28)42(54)48(40(33)52)31-11-4-25(5-12-31)18-26-6-13-32(14-7-26)49-41(53)34-16-9-29(21-36(34)43(49)55)39(51)47-30-10-17-38(44)46-23-30/h2-17,20-23H,18-19H2,1H3,(H2,44,46)(H,47,51). The molecule has 0 aliphatic carbocycles. The number of pyridine rings is 2. The molecule has 0 spiro atoms. The van der Waals surface area contributed by atoms with E-state index in [-0.39, 0.29) is 40.0 Å². The zero-order valence-corrected chi connectivity index (χ0v) is 29.3. The molecule has 5 amide bonds. The summed E-state index contributed by atoms with van der Waals surface area (Å²) >= 11 is 0. The third-order valence-electron chi connectivity index (χ3n) is 9.54. The number of nitrogen functional groups attached to an aromatic ring is 1. The molecule has 2 aromatic heterocycles. The van der Waals surface area contributed by atoms with Crippen molar-refractivity contribution in [3.63, 3.8) is 0 Å². The Morgan fingerprint density at radius 3 is 1.64 bits per heavy atom. The highest BCUT2D eigenvalue weighted by Gasteiger charge is 2.38. The number of fused-ring (bicyclic) bond motifs is 2. The molecule has 6 aromatic rings. The Bertz CT molecular complexity index is 2400. The van der Waals surface area contributed by atoms with Gasteiger partial charge in [-0.3, -0.25) is 33.8 Å². The molecule has 0 atom stereocenters. The minimum atomic E-state index is -0.539. The third kappa shape index (κ3) is 6.52. The number of anilines is 4. The summed E-state index contributed by atoms with van der Waals surface area (Å²) in [7, 11) is 0. The summed E-state index contributed by atoms with van der Waals surface area (Å²) in [4.78, 5) is 89.7. The van der Waals surface area contributed by atoms with Crippen LogP contribution in [0.3, 0.4) is 0 Å². The van der Waals surface area contributed by atoms with Crippen LogP contribution in [-0.4, -0.2) is 45.3 Å². The molecule has 3 N–H and O–H groups in total. The number of Topliss-reactive ketones (excluding diaryl/α,β-unsaturated/α-hetero) is 1. The molecule has 8 rings (SSSR count). The van der Waals surface area contributed by atoms with E-state index in [4.69, 9.17) is 5.73 Å². The number of ketones is 1. The van der Waals surface area contributed by atoms with Crippen molar-refractivity contribution in [1.29, 1.82) is 0 Å². The summed E-state index contributed by atoms with van der Waals surface area (Å²) in [6, 6.07) is 29.8. The molecule has 4 heterocycles. The fourth-order valence-corrected chi connectivity index (χ4v) is 6.60. The van der Waals surface area contributed by atoms with Crippen LogP contribution in [0.5, 0.6) is 0 Å². The molecule has 12 heteroatoms. The number of carbonyl (C=O) groups is 6. The lowest BCUT2D eigenvalue weighted by atomic mass is 9.99. The molecular weight excluding hydrogens is 697 g/mol. The van der Waals surface area contributed by atoms with E-state index in [2.05, 4.69) is 15.3 Å². The van der Waals surface area contributed by atoms with E-state index in [1.807, 2.05) is 43.3 Å². The van der Waals surface area contributed by atoms with Crippen molar-refractivity contribution in [1.82, 2.24) is 9.97 Å². The Balaban J connectivity index is 0.918. The highest BCUT2D eigenvalue weighted by molar-refractivity contribution is 6.35. The molecule has 2 aliphatic heterocycles. The van der Waals surface area contributed by atoms with E-state index >= 15 is 0 Å². The first-order valence-electron chi connectivity index (χ1n) is 17.3. The van der Waals surface area contributed by atoms with Crippen molar-refractivity contribution < 1.29 is 28.8 Å². The van der Waals surface area contributed by atoms with Gasteiger partial charge in [-0.1, -0.05) is 36.4 Å². The molecular formula is C43H30N6O6. The molecule has 4 aromatic carbocycles. The van der Waals surface area contributed by atoms with Gasteiger partial charge in [0.25, 0.3) is 29.5 Å². The Morgan fingerprint density at radius 1 is 0.582 bits per heavy atom. The van der Waals surface area contributed by atoms with E-state index in [9.17, 15) is 28.8 Å². The van der Waals surface area contributed by atoms with Gasteiger partial charge < -0.3 is 11.1 Å². The van der Waals surface area contributed by atoms with E-state index in [0.717, 1.165) is 32.2 Å². The van der Waals surface area contributed by atoms with Gasteiger partial charge in [-0.25, -0.2) is 14.8 Å². The molecule has 0 bridgehead atoms. The van der Waals surface area contributed by atoms with Gasteiger partial charge in [-0.05, 0) is 103 Å². The van der Waals surface area contributed by atoms with Crippen LogP contribution in [0.15, 0.2) is 122 Å². The van der Waals surface area contributed by atoms with E-state index in [1.165, 1.54) is 36.5 Å². The quantitative estimate of drug-likeness (QED) is 0.129. The van der Waals surface area contributed by atoms with Crippen LogP contribution < -0.4 is 20.9 Å². The first-order chi connectivity index (χ1) is 26.5. The largest absolute Gasteiger partial charge is 0.384 e. The number of imide groups is 2. The Morgan fingerprint density at radius 2 is 1.11 bits per heavy atom. The van der Waals surface area contributed by atoms with Gasteiger partial charge in [-0.15, -0.1) is 0 Å². The first kappa shape index (κ1) is 34.5. The number of hydrogen-bond donors (Lipinski definition) is 2. The van der Waals surface area contributed by atoms with Gasteiger partial charge in [0.15, 0.2) is 5.78 Å². The highest BCUT2D eigenvalue weighted by atomic mass is 16.2. The molecule has 2 aliphatic rings. The smallest absolute Gasteiger partial charge is 0.266 e. The van der Waals surface area contributed by atoms with Gasteiger partial charge >= 0.3 is 0 Å². The Hall–Kier alpha value is -7.60. The number of hydrogen-bond acceptors (Lipinski definition) is 9. The number of rotatable bonds is 9. The average molecular weight is 727 g/mol. The van der Waals surface area contributed by atoms with Crippen molar-refractivity contribution in [3.05, 3.63) is 177 Å². The molecule has 268 valence electrons. The SMILES string of the molecule is Cc1ccc(CC(=O)c2ccc3c(c2)C(=O)N(c2ccc(Cc4ccc(N5C(=O)c6ccc(C(=O)Nc7ccc(N)nc7)cc6C5=O)cc4)cc2)C3=O)cn1. The van der Waals surface area contributed by atoms with Crippen LogP contribution in [0.25, 0.3) is 0 Å². The predicted molar refractivity (Wildman–Crippen MR) is 204 cm³/mol. The minimum Gasteiger partial charge on any atom is -0.384 e. The predicted octanol–water partition coefficient (Wildman–Crippen LogP) is 6.24. The summed E-state index contributed by atoms with van der Waals surface area (Å²) in [5.74, 6) is -2.34. The second-order valence-corrected chi connectivity index (χ2v) is 13.3. The minimum absolute atomic E-state index is 0.124. The lowest BCUT2D eigenvalue weighted by molar-refractivity contribution is 0.0910. The molecule has 0 unspecified atom stereocenters. The van der Waals surface area contributed by atoms with E-state index < -0.39 is 29.5 Å². The van der Waals surface area contributed by atoms with Crippen LogP contribution in [0.2, 0.25) is 0 Å².